The summed E-state index contributed by atoms with van der Waals surface area (Å²) in [6, 6.07) is 4.95. The van der Waals surface area contributed by atoms with Crippen LogP contribution < -0.4 is 4.74 Å². The monoisotopic (exact) mass is 236 g/mol. The maximum atomic E-state index is 11.3. The molecule has 0 atom stereocenters. The third-order valence-electron chi connectivity index (χ3n) is 2.54. The molecule has 3 heteroatoms. The molecule has 1 rings (SSSR count). The second-order valence-electron chi connectivity index (χ2n) is 4.12. The minimum Gasteiger partial charge on any atom is -0.508 e. The molecule has 0 bridgehead atoms. The van der Waals surface area contributed by atoms with Gasteiger partial charge in [-0.15, -0.1) is 0 Å². The first-order chi connectivity index (χ1) is 8.17. The van der Waals surface area contributed by atoms with Gasteiger partial charge in [0, 0.05) is 6.42 Å². The number of carbonyl (C=O) groups is 1. The van der Waals surface area contributed by atoms with Crippen LogP contribution in [-0.2, 0) is 11.2 Å². The molecule has 1 aromatic rings. The largest absolute Gasteiger partial charge is 0.508 e. The fourth-order valence-electron chi connectivity index (χ4n) is 1.58. The predicted molar refractivity (Wildman–Crippen MR) is 67.3 cm³/mol. The normalized spacial score (nSPS) is 10.2. The number of hydrogen-bond donors (Lipinski definition) is 1. The van der Waals surface area contributed by atoms with Crippen LogP contribution >= 0.6 is 0 Å². The molecule has 0 aromatic heterocycles. The fraction of sp³-hybridized carbons (Fsp3) is 0.500. The summed E-state index contributed by atoms with van der Waals surface area (Å²) >= 11 is 0. The van der Waals surface area contributed by atoms with Crippen molar-refractivity contribution in [3.05, 3.63) is 23.8 Å². The van der Waals surface area contributed by atoms with Crippen LogP contribution in [0.25, 0.3) is 0 Å². The Morgan fingerprint density at radius 2 is 2.06 bits per heavy atom. The summed E-state index contributed by atoms with van der Waals surface area (Å²) in [4.78, 5) is 11.3. The smallest absolute Gasteiger partial charge is 0.311 e. The molecule has 0 fully saturated rings. The first-order valence-corrected chi connectivity index (χ1v) is 6.20. The lowest BCUT2D eigenvalue weighted by molar-refractivity contribution is -0.134. The van der Waals surface area contributed by atoms with Gasteiger partial charge in [-0.3, -0.25) is 4.79 Å². The number of hydrogen-bond acceptors (Lipinski definition) is 3. The van der Waals surface area contributed by atoms with Gasteiger partial charge in [0.2, 0.25) is 0 Å². The molecule has 3 nitrogen and oxygen atoms in total. The number of phenols is 1. The number of ether oxygens (including phenoxy) is 1. The average molecular weight is 236 g/mol. The molecular formula is C14H20O3. The van der Waals surface area contributed by atoms with Gasteiger partial charge in [0.05, 0.1) is 0 Å². The molecule has 0 saturated carbocycles. The van der Waals surface area contributed by atoms with Crippen LogP contribution in [-0.4, -0.2) is 11.1 Å². The number of aromatic hydroxyl groups is 1. The van der Waals surface area contributed by atoms with Crippen molar-refractivity contribution >= 4 is 5.97 Å². The van der Waals surface area contributed by atoms with Gasteiger partial charge < -0.3 is 9.84 Å². The predicted octanol–water partition coefficient (Wildman–Crippen LogP) is 3.44. The summed E-state index contributed by atoms with van der Waals surface area (Å²) in [5.41, 5.74) is 0.841. The Labute approximate surface area is 102 Å². The minimum atomic E-state index is -0.223. The highest BCUT2D eigenvalue weighted by atomic mass is 16.5. The quantitative estimate of drug-likeness (QED) is 0.608. The first kappa shape index (κ1) is 13.6. The van der Waals surface area contributed by atoms with E-state index in [1.54, 1.807) is 18.2 Å². The van der Waals surface area contributed by atoms with Crippen LogP contribution in [0, 0.1) is 0 Å². The summed E-state index contributed by atoms with van der Waals surface area (Å²) in [6.45, 7) is 4.03. The van der Waals surface area contributed by atoms with Gasteiger partial charge in [-0.25, -0.2) is 0 Å². The summed E-state index contributed by atoms with van der Waals surface area (Å²) in [5, 5.41) is 9.66. The van der Waals surface area contributed by atoms with Crippen molar-refractivity contribution in [3.8, 4) is 11.5 Å². The fourth-order valence-corrected chi connectivity index (χ4v) is 1.58. The zero-order valence-corrected chi connectivity index (χ0v) is 10.5. The molecule has 17 heavy (non-hydrogen) atoms. The van der Waals surface area contributed by atoms with Crippen molar-refractivity contribution in [2.45, 2.75) is 46.0 Å². The number of carbonyl (C=O) groups excluding carboxylic acids is 1. The average Bonchev–Trinajstić information content (AvgIpc) is 2.30. The molecule has 0 aliphatic carbocycles. The van der Waals surface area contributed by atoms with Crippen molar-refractivity contribution < 1.29 is 14.6 Å². The summed E-state index contributed by atoms with van der Waals surface area (Å²) in [6.07, 6.45) is 4.09. The molecule has 0 unspecified atom stereocenters. The summed E-state index contributed by atoms with van der Waals surface area (Å²) in [5.74, 6) is 0.570. The molecule has 0 radical (unpaired) electrons. The Hall–Kier alpha value is -1.51. The van der Waals surface area contributed by atoms with Gasteiger partial charge in [0.1, 0.15) is 11.5 Å². The molecule has 0 aliphatic heterocycles. The van der Waals surface area contributed by atoms with E-state index < -0.39 is 0 Å². The lowest BCUT2D eigenvalue weighted by atomic mass is 10.1. The Balaban J connectivity index is 2.70. The van der Waals surface area contributed by atoms with Gasteiger partial charge in [-0.05, 0) is 43.0 Å². The molecule has 1 N–H and O–H groups in total. The lowest BCUT2D eigenvalue weighted by Crippen LogP contribution is -2.07. The van der Waals surface area contributed by atoms with Crippen molar-refractivity contribution in [3.63, 3.8) is 0 Å². The number of esters is 1. The van der Waals surface area contributed by atoms with E-state index in [0.717, 1.165) is 31.2 Å². The highest BCUT2D eigenvalue weighted by Gasteiger charge is 2.07. The van der Waals surface area contributed by atoms with Crippen molar-refractivity contribution in [2.75, 3.05) is 0 Å². The van der Waals surface area contributed by atoms with Crippen LogP contribution in [0.5, 0.6) is 11.5 Å². The van der Waals surface area contributed by atoms with Gasteiger partial charge in [0.25, 0.3) is 0 Å². The second kappa shape index (κ2) is 6.94. The molecule has 1 aromatic carbocycles. The number of phenolic OH excluding ortho intramolecular Hbond substituents is 1. The van der Waals surface area contributed by atoms with Crippen molar-refractivity contribution in [1.29, 1.82) is 0 Å². The van der Waals surface area contributed by atoms with Crippen LogP contribution in [0.15, 0.2) is 18.2 Å². The minimum absolute atomic E-state index is 0.223. The van der Waals surface area contributed by atoms with Gasteiger partial charge in [-0.1, -0.05) is 20.3 Å². The molecule has 94 valence electrons. The standard InChI is InChI=1S/C14H20O3/c1-3-5-7-11-10-12(8-9-13(11)15)17-14(16)6-4-2/h8-10,15H,3-7H2,1-2H3. The topological polar surface area (TPSA) is 46.5 Å². The Morgan fingerprint density at radius 3 is 2.71 bits per heavy atom. The summed E-state index contributed by atoms with van der Waals surface area (Å²) in [7, 11) is 0. The Morgan fingerprint density at radius 1 is 1.29 bits per heavy atom. The second-order valence-corrected chi connectivity index (χ2v) is 4.12. The highest BCUT2D eigenvalue weighted by Crippen LogP contribution is 2.24. The summed E-state index contributed by atoms with van der Waals surface area (Å²) < 4.78 is 5.18. The Bertz CT molecular complexity index is 372. The van der Waals surface area contributed by atoms with E-state index in [4.69, 9.17) is 4.74 Å². The molecule has 0 saturated heterocycles. The van der Waals surface area contributed by atoms with Crippen LogP contribution in [0.1, 0.15) is 45.1 Å². The van der Waals surface area contributed by atoms with E-state index in [1.165, 1.54) is 0 Å². The highest BCUT2D eigenvalue weighted by molar-refractivity contribution is 5.72. The lowest BCUT2D eigenvalue weighted by Gasteiger charge is -2.08. The number of benzene rings is 1. The van der Waals surface area contributed by atoms with Crippen molar-refractivity contribution in [2.24, 2.45) is 0 Å². The number of unbranched alkanes of at least 4 members (excludes halogenated alkanes) is 1. The maximum Gasteiger partial charge on any atom is 0.311 e. The molecule has 0 aliphatic rings. The molecular weight excluding hydrogens is 216 g/mol. The van der Waals surface area contributed by atoms with E-state index in [0.29, 0.717) is 12.2 Å². The van der Waals surface area contributed by atoms with Gasteiger partial charge >= 0.3 is 5.97 Å². The van der Waals surface area contributed by atoms with Crippen LogP contribution in [0.3, 0.4) is 0 Å². The van der Waals surface area contributed by atoms with E-state index in [2.05, 4.69) is 6.92 Å². The Kier molecular flexibility index (Phi) is 5.53. The molecule has 0 spiro atoms. The van der Waals surface area contributed by atoms with Gasteiger partial charge in [0.15, 0.2) is 0 Å². The zero-order chi connectivity index (χ0) is 12.7. The third-order valence-corrected chi connectivity index (χ3v) is 2.54. The van der Waals surface area contributed by atoms with Crippen LogP contribution in [0.2, 0.25) is 0 Å². The number of rotatable bonds is 6. The first-order valence-electron chi connectivity index (χ1n) is 6.20. The third kappa shape index (κ3) is 4.47. The van der Waals surface area contributed by atoms with Crippen molar-refractivity contribution in [1.82, 2.24) is 0 Å². The van der Waals surface area contributed by atoms with Gasteiger partial charge in [-0.2, -0.15) is 0 Å². The maximum absolute atomic E-state index is 11.3. The molecule has 0 amide bonds. The number of aryl methyl sites for hydroxylation is 1. The SMILES string of the molecule is CCCCc1cc(OC(=O)CCC)ccc1O. The van der Waals surface area contributed by atoms with E-state index in [-0.39, 0.29) is 11.7 Å². The van der Waals surface area contributed by atoms with Crippen LogP contribution in [0.4, 0.5) is 0 Å². The van der Waals surface area contributed by atoms with E-state index in [9.17, 15) is 9.90 Å². The van der Waals surface area contributed by atoms with E-state index in [1.807, 2.05) is 6.92 Å². The van der Waals surface area contributed by atoms with E-state index >= 15 is 0 Å². The molecule has 0 heterocycles. The zero-order valence-electron chi connectivity index (χ0n) is 10.5.